The van der Waals surface area contributed by atoms with Gasteiger partial charge in [0.15, 0.2) is 11.6 Å². The molecule has 0 aliphatic heterocycles. The minimum Gasteiger partial charge on any atom is -0.276 e. The van der Waals surface area contributed by atoms with E-state index in [4.69, 9.17) is 0 Å². The third-order valence-electron chi connectivity index (χ3n) is 2.44. The molecule has 0 atom stereocenters. The van der Waals surface area contributed by atoms with Gasteiger partial charge in [-0.05, 0) is 36.1 Å². The first-order valence-corrected chi connectivity index (χ1v) is 7.80. The van der Waals surface area contributed by atoms with Gasteiger partial charge in [0, 0.05) is 13.2 Å². The molecule has 0 N–H and O–H groups in total. The van der Waals surface area contributed by atoms with Crippen LogP contribution in [0.2, 0.25) is 0 Å². The number of aryl methyl sites for hydroxylation is 2. The molecule has 2 nitrogen and oxygen atoms in total. The first-order chi connectivity index (χ1) is 10.4. The molecule has 1 aromatic carbocycles. The summed E-state index contributed by atoms with van der Waals surface area (Å²) in [5, 5.41) is 3.93. The van der Waals surface area contributed by atoms with Crippen molar-refractivity contribution in [2.75, 3.05) is 0 Å². The van der Waals surface area contributed by atoms with Crippen molar-refractivity contribution >= 4 is 0 Å². The summed E-state index contributed by atoms with van der Waals surface area (Å²) in [5.41, 5.74) is 2.03. The summed E-state index contributed by atoms with van der Waals surface area (Å²) in [4.78, 5) is 0. The first kappa shape index (κ1) is 22.6. The van der Waals surface area contributed by atoms with Crippen molar-refractivity contribution in [3.05, 3.63) is 53.4 Å². The van der Waals surface area contributed by atoms with Crippen LogP contribution in [0.25, 0.3) is 0 Å². The zero-order chi connectivity index (χ0) is 17.7. The van der Waals surface area contributed by atoms with E-state index in [-0.39, 0.29) is 5.92 Å². The van der Waals surface area contributed by atoms with Crippen LogP contribution >= 0.6 is 0 Å². The maximum atomic E-state index is 12.6. The minimum absolute atomic E-state index is 0.241. The topological polar surface area (TPSA) is 17.8 Å². The summed E-state index contributed by atoms with van der Waals surface area (Å²) in [6, 6.07) is 3.99. The van der Waals surface area contributed by atoms with Gasteiger partial charge in [0.25, 0.3) is 0 Å². The van der Waals surface area contributed by atoms with Crippen molar-refractivity contribution < 1.29 is 8.78 Å². The molecule has 0 amide bonds. The third kappa shape index (κ3) is 9.27. The monoisotopic (exact) mass is 312 g/mol. The lowest BCUT2D eigenvalue weighted by molar-refractivity contribution is 0.506. The lowest BCUT2D eigenvalue weighted by Gasteiger charge is -2.04. The van der Waals surface area contributed by atoms with Crippen LogP contribution in [0.15, 0.2) is 30.6 Å². The zero-order valence-corrected chi connectivity index (χ0v) is 15.1. The highest BCUT2D eigenvalue weighted by molar-refractivity contribution is 5.20. The summed E-state index contributed by atoms with van der Waals surface area (Å²) in [5.74, 6) is -1.31. The van der Waals surface area contributed by atoms with Gasteiger partial charge in [-0.15, -0.1) is 0 Å². The van der Waals surface area contributed by atoms with Crippen LogP contribution in [0.3, 0.4) is 0 Å². The molecule has 0 bridgehead atoms. The molecule has 0 fully saturated rings. The Morgan fingerprint density at radius 2 is 1.55 bits per heavy atom. The SMILES string of the molecule is CC.CC.CC(C)c1ccc(F)c(F)c1.Cc1cnn(C)c1. The summed E-state index contributed by atoms with van der Waals surface area (Å²) in [7, 11) is 1.91. The fraction of sp³-hybridized carbons (Fsp3) is 0.500. The number of benzene rings is 1. The summed E-state index contributed by atoms with van der Waals surface area (Å²) < 4.78 is 26.7. The number of aromatic nitrogens is 2. The maximum absolute atomic E-state index is 12.6. The molecule has 0 aliphatic rings. The van der Waals surface area contributed by atoms with Crippen LogP contribution in [-0.4, -0.2) is 9.78 Å². The first-order valence-electron chi connectivity index (χ1n) is 7.80. The molecule has 22 heavy (non-hydrogen) atoms. The number of nitrogens with zero attached hydrogens (tertiary/aromatic N) is 2. The largest absolute Gasteiger partial charge is 0.276 e. The Bertz CT molecular complexity index is 489. The lowest BCUT2D eigenvalue weighted by atomic mass is 10.0. The normalized spacial score (nSPS) is 8.86. The van der Waals surface area contributed by atoms with E-state index in [1.807, 2.05) is 67.9 Å². The fourth-order valence-electron chi connectivity index (χ4n) is 1.42. The van der Waals surface area contributed by atoms with Gasteiger partial charge in [0.05, 0.1) is 6.20 Å². The molecule has 0 saturated carbocycles. The van der Waals surface area contributed by atoms with Crippen molar-refractivity contribution in [1.82, 2.24) is 9.78 Å². The number of rotatable bonds is 1. The quantitative estimate of drug-likeness (QED) is 0.644. The van der Waals surface area contributed by atoms with Gasteiger partial charge in [-0.3, -0.25) is 4.68 Å². The van der Waals surface area contributed by atoms with Crippen LogP contribution < -0.4 is 0 Å². The molecule has 2 aromatic rings. The Morgan fingerprint density at radius 3 is 1.82 bits per heavy atom. The van der Waals surface area contributed by atoms with E-state index in [1.54, 1.807) is 10.7 Å². The second kappa shape index (κ2) is 13.0. The second-order valence-electron chi connectivity index (χ2n) is 4.52. The van der Waals surface area contributed by atoms with Crippen LogP contribution in [0.4, 0.5) is 8.78 Å². The molecule has 2 rings (SSSR count). The Labute approximate surface area is 134 Å². The number of hydrogen-bond acceptors (Lipinski definition) is 1. The standard InChI is InChI=1S/C9H10F2.C5H8N2.2C2H6/c1-6(2)7-3-4-8(10)9(11)5-7;1-5-3-6-7(2)4-5;2*1-2/h3-6H,1-2H3;3-4H,1-2H3;2*1-2H3. The van der Waals surface area contributed by atoms with Crippen molar-refractivity contribution in [3.8, 4) is 0 Å². The van der Waals surface area contributed by atoms with E-state index in [9.17, 15) is 8.78 Å². The lowest BCUT2D eigenvalue weighted by Crippen LogP contribution is -1.90. The maximum Gasteiger partial charge on any atom is 0.159 e. The zero-order valence-electron chi connectivity index (χ0n) is 15.1. The number of hydrogen-bond donors (Lipinski definition) is 0. The molecular weight excluding hydrogens is 282 g/mol. The van der Waals surface area contributed by atoms with E-state index >= 15 is 0 Å². The predicted octanol–water partition coefficient (Wildman–Crippen LogP) is 5.87. The van der Waals surface area contributed by atoms with Gasteiger partial charge in [-0.2, -0.15) is 5.10 Å². The summed E-state index contributed by atoms with van der Waals surface area (Å²) in [6.45, 7) is 13.9. The third-order valence-corrected chi connectivity index (χ3v) is 2.44. The predicted molar refractivity (Wildman–Crippen MR) is 91.1 cm³/mol. The molecule has 0 unspecified atom stereocenters. The minimum atomic E-state index is -0.783. The van der Waals surface area contributed by atoms with Crippen molar-refractivity contribution in [3.63, 3.8) is 0 Å². The van der Waals surface area contributed by atoms with Crippen molar-refractivity contribution in [1.29, 1.82) is 0 Å². The molecule has 0 saturated heterocycles. The van der Waals surface area contributed by atoms with Gasteiger partial charge in [0.2, 0.25) is 0 Å². The molecular formula is C18H30F2N2. The van der Waals surface area contributed by atoms with Gasteiger partial charge in [0.1, 0.15) is 0 Å². The smallest absolute Gasteiger partial charge is 0.159 e. The molecule has 126 valence electrons. The van der Waals surface area contributed by atoms with E-state index in [1.165, 1.54) is 11.6 Å². The van der Waals surface area contributed by atoms with E-state index in [2.05, 4.69) is 5.10 Å². The fourth-order valence-corrected chi connectivity index (χ4v) is 1.42. The second-order valence-corrected chi connectivity index (χ2v) is 4.52. The molecule has 1 aromatic heterocycles. The Morgan fingerprint density at radius 1 is 1.00 bits per heavy atom. The van der Waals surface area contributed by atoms with Crippen LogP contribution in [0.5, 0.6) is 0 Å². The van der Waals surface area contributed by atoms with Crippen molar-refractivity contribution in [2.24, 2.45) is 7.05 Å². The van der Waals surface area contributed by atoms with Gasteiger partial charge < -0.3 is 0 Å². The van der Waals surface area contributed by atoms with E-state index in [0.717, 1.165) is 11.6 Å². The number of halogens is 2. The molecule has 4 heteroatoms. The average Bonchev–Trinajstić information content (AvgIpc) is 2.90. The van der Waals surface area contributed by atoms with Crippen LogP contribution in [0.1, 0.15) is 58.6 Å². The van der Waals surface area contributed by atoms with E-state index < -0.39 is 11.6 Å². The highest BCUT2D eigenvalue weighted by Crippen LogP contribution is 2.16. The highest BCUT2D eigenvalue weighted by Gasteiger charge is 2.04. The van der Waals surface area contributed by atoms with Gasteiger partial charge in [-0.1, -0.05) is 47.6 Å². The Hall–Kier alpha value is -1.71. The Balaban J connectivity index is 0. The molecule has 0 aliphatic carbocycles. The highest BCUT2D eigenvalue weighted by atomic mass is 19.2. The van der Waals surface area contributed by atoms with Crippen molar-refractivity contribution in [2.45, 2.75) is 54.4 Å². The van der Waals surface area contributed by atoms with Crippen LogP contribution in [-0.2, 0) is 7.05 Å². The molecule has 0 radical (unpaired) electrons. The van der Waals surface area contributed by atoms with Gasteiger partial charge >= 0.3 is 0 Å². The van der Waals surface area contributed by atoms with Crippen LogP contribution in [0, 0.1) is 18.6 Å². The summed E-state index contributed by atoms with van der Waals surface area (Å²) in [6.07, 6.45) is 3.81. The molecule has 0 spiro atoms. The van der Waals surface area contributed by atoms with Gasteiger partial charge in [-0.25, -0.2) is 8.78 Å². The molecule has 1 heterocycles. The Kier molecular flexibility index (Phi) is 13.3. The summed E-state index contributed by atoms with van der Waals surface area (Å²) >= 11 is 0. The average molecular weight is 312 g/mol. The van der Waals surface area contributed by atoms with E-state index in [0.29, 0.717) is 0 Å².